The fourth-order valence-electron chi connectivity index (χ4n) is 3.80. The summed E-state index contributed by atoms with van der Waals surface area (Å²) in [6.45, 7) is 1.97. The molecule has 136 valence electrons. The maximum Gasteiger partial charge on any atom is 0.202 e. The molecular formula is C21H20N4O2. The average Bonchev–Trinajstić information content (AvgIpc) is 3.03. The molecule has 0 fully saturated rings. The van der Waals surface area contributed by atoms with Gasteiger partial charge in [0.2, 0.25) is 12.1 Å². The predicted octanol–water partition coefficient (Wildman–Crippen LogP) is 3.34. The Morgan fingerprint density at radius 2 is 1.85 bits per heavy atom. The Morgan fingerprint density at radius 1 is 1.15 bits per heavy atom. The van der Waals surface area contributed by atoms with E-state index in [4.69, 9.17) is 20.3 Å². The maximum atomic E-state index is 9.74. The zero-order valence-corrected chi connectivity index (χ0v) is 15.2. The summed E-state index contributed by atoms with van der Waals surface area (Å²) in [5.41, 5.74) is 9.40. The van der Waals surface area contributed by atoms with Crippen molar-refractivity contribution in [1.29, 1.82) is 5.26 Å². The van der Waals surface area contributed by atoms with Crippen LogP contribution in [0.3, 0.4) is 0 Å². The van der Waals surface area contributed by atoms with E-state index < -0.39 is 6.23 Å². The van der Waals surface area contributed by atoms with Crippen LogP contribution in [0.25, 0.3) is 0 Å². The Kier molecular flexibility index (Phi) is 4.21. The Balaban J connectivity index is 1.79. The van der Waals surface area contributed by atoms with Crippen molar-refractivity contribution in [2.75, 3.05) is 12.1 Å². The van der Waals surface area contributed by atoms with Crippen LogP contribution in [-0.2, 0) is 4.74 Å². The summed E-state index contributed by atoms with van der Waals surface area (Å²) in [6.07, 6.45) is -0.392. The van der Waals surface area contributed by atoms with Crippen LogP contribution in [-0.4, -0.2) is 19.0 Å². The molecule has 2 heterocycles. The van der Waals surface area contributed by atoms with Gasteiger partial charge in [-0.25, -0.2) is 5.01 Å². The van der Waals surface area contributed by atoms with Crippen LogP contribution in [0.4, 0.5) is 5.69 Å². The molecule has 2 aliphatic heterocycles. The van der Waals surface area contributed by atoms with E-state index in [1.807, 2.05) is 66.5 Å². The number of ether oxygens (including phenoxy) is 2. The summed E-state index contributed by atoms with van der Waals surface area (Å²) in [6, 6.07) is 19.8. The van der Waals surface area contributed by atoms with Crippen molar-refractivity contribution in [1.82, 2.24) is 0 Å². The van der Waals surface area contributed by atoms with E-state index in [9.17, 15) is 5.26 Å². The van der Waals surface area contributed by atoms with Crippen molar-refractivity contribution in [2.45, 2.75) is 19.1 Å². The van der Waals surface area contributed by atoms with Crippen LogP contribution in [0, 0.1) is 17.2 Å². The van der Waals surface area contributed by atoms with Crippen LogP contribution in [0.1, 0.15) is 18.4 Å². The number of anilines is 1. The second kappa shape index (κ2) is 6.69. The number of para-hydroxylation sites is 1. The van der Waals surface area contributed by atoms with E-state index in [0.717, 1.165) is 22.7 Å². The molecule has 0 spiro atoms. The highest BCUT2D eigenvalue weighted by Crippen LogP contribution is 2.45. The van der Waals surface area contributed by atoms with Gasteiger partial charge in [-0.15, -0.1) is 0 Å². The van der Waals surface area contributed by atoms with Gasteiger partial charge in [0.15, 0.2) is 0 Å². The van der Waals surface area contributed by atoms with Crippen LogP contribution in [0.5, 0.6) is 5.75 Å². The molecule has 0 unspecified atom stereocenters. The lowest BCUT2D eigenvalue weighted by molar-refractivity contribution is 0.0662. The van der Waals surface area contributed by atoms with Crippen molar-refractivity contribution in [3.63, 3.8) is 0 Å². The molecule has 0 saturated carbocycles. The largest absolute Gasteiger partial charge is 0.497 e. The van der Waals surface area contributed by atoms with E-state index in [1.165, 1.54) is 0 Å². The lowest BCUT2D eigenvalue weighted by Gasteiger charge is -2.37. The molecule has 6 heteroatoms. The summed E-state index contributed by atoms with van der Waals surface area (Å²) in [5, 5.41) is 16.3. The number of allylic oxidation sites excluding steroid dienone is 1. The average molecular weight is 360 g/mol. The topological polar surface area (TPSA) is 83.9 Å². The molecule has 0 saturated heterocycles. The van der Waals surface area contributed by atoms with Gasteiger partial charge in [0.1, 0.15) is 11.8 Å². The standard InChI is InChI=1S/C21H20N4O2/c1-13-18-19(14-8-10-16(26-2)11-9-14)17(12-22)20(23)27-21(18)25(24-13)15-6-4-3-5-7-15/h3-11,18-19,21H,23H2,1-2H3/t18-,19+,21-/m1/s1. The fourth-order valence-corrected chi connectivity index (χ4v) is 3.80. The molecule has 0 amide bonds. The Hall–Kier alpha value is -3.46. The third-order valence-electron chi connectivity index (χ3n) is 5.10. The van der Waals surface area contributed by atoms with Crippen LogP contribution in [0.2, 0.25) is 0 Å². The lowest BCUT2D eigenvalue weighted by atomic mass is 9.76. The molecule has 2 aromatic carbocycles. The third kappa shape index (κ3) is 2.77. The Morgan fingerprint density at radius 3 is 2.48 bits per heavy atom. The van der Waals surface area contributed by atoms with Crippen LogP contribution < -0.4 is 15.5 Å². The first kappa shape index (κ1) is 17.0. The first-order chi connectivity index (χ1) is 13.1. The number of hydrazone groups is 1. The summed E-state index contributed by atoms with van der Waals surface area (Å²) in [7, 11) is 1.63. The van der Waals surface area contributed by atoms with E-state index in [1.54, 1.807) is 7.11 Å². The minimum atomic E-state index is -0.392. The van der Waals surface area contributed by atoms with Crippen molar-refractivity contribution in [3.8, 4) is 11.8 Å². The van der Waals surface area contributed by atoms with Gasteiger partial charge in [0.25, 0.3) is 0 Å². The van der Waals surface area contributed by atoms with Gasteiger partial charge >= 0.3 is 0 Å². The summed E-state index contributed by atoms with van der Waals surface area (Å²) in [5.74, 6) is 0.587. The molecule has 6 nitrogen and oxygen atoms in total. The SMILES string of the molecule is COc1ccc([C@H]2C(C#N)=C(N)O[C@@H]3[C@@H]2C(C)=NN3c2ccccc2)cc1. The normalized spacial score (nSPS) is 24.0. The molecule has 4 rings (SSSR count). The van der Waals surface area contributed by atoms with Crippen molar-refractivity contribution < 1.29 is 9.47 Å². The number of fused-ring (bicyclic) bond motifs is 1. The number of rotatable bonds is 3. The molecule has 0 bridgehead atoms. The lowest BCUT2D eigenvalue weighted by Crippen LogP contribution is -2.43. The zero-order chi connectivity index (χ0) is 19.0. The fraction of sp³-hybridized carbons (Fsp3) is 0.238. The number of nitrogens with zero attached hydrogens (tertiary/aromatic N) is 3. The van der Waals surface area contributed by atoms with E-state index >= 15 is 0 Å². The highest BCUT2D eigenvalue weighted by atomic mass is 16.5. The minimum Gasteiger partial charge on any atom is -0.497 e. The molecule has 0 radical (unpaired) electrons. The van der Waals surface area contributed by atoms with Gasteiger partial charge in [-0.1, -0.05) is 30.3 Å². The number of nitriles is 1. The van der Waals surface area contributed by atoms with Crippen LogP contribution in [0.15, 0.2) is 71.2 Å². The second-order valence-electron chi connectivity index (χ2n) is 6.60. The van der Waals surface area contributed by atoms with E-state index in [0.29, 0.717) is 5.57 Å². The van der Waals surface area contributed by atoms with Gasteiger partial charge in [-0.2, -0.15) is 10.4 Å². The summed E-state index contributed by atoms with van der Waals surface area (Å²) in [4.78, 5) is 0. The molecular weight excluding hydrogens is 340 g/mol. The van der Waals surface area contributed by atoms with Crippen molar-refractivity contribution in [3.05, 3.63) is 71.6 Å². The molecule has 2 aliphatic rings. The summed E-state index contributed by atoms with van der Waals surface area (Å²) >= 11 is 0. The molecule has 0 aromatic heterocycles. The van der Waals surface area contributed by atoms with Crippen molar-refractivity contribution in [2.24, 2.45) is 16.8 Å². The van der Waals surface area contributed by atoms with Gasteiger partial charge in [-0.05, 0) is 36.8 Å². The number of nitrogens with two attached hydrogens (primary N) is 1. The Labute approximate surface area is 158 Å². The quantitative estimate of drug-likeness (QED) is 0.907. The van der Waals surface area contributed by atoms with E-state index in [-0.39, 0.29) is 17.7 Å². The molecule has 2 aromatic rings. The molecule has 27 heavy (non-hydrogen) atoms. The summed E-state index contributed by atoms with van der Waals surface area (Å²) < 4.78 is 11.2. The number of methoxy groups -OCH3 is 1. The van der Waals surface area contributed by atoms with Gasteiger partial charge in [0.05, 0.1) is 24.3 Å². The highest BCUT2D eigenvalue weighted by Gasteiger charge is 2.48. The van der Waals surface area contributed by atoms with Gasteiger partial charge < -0.3 is 15.2 Å². The first-order valence-corrected chi connectivity index (χ1v) is 8.73. The maximum absolute atomic E-state index is 9.74. The second-order valence-corrected chi connectivity index (χ2v) is 6.60. The number of hydrogen-bond acceptors (Lipinski definition) is 6. The smallest absolute Gasteiger partial charge is 0.202 e. The van der Waals surface area contributed by atoms with E-state index in [2.05, 4.69) is 6.07 Å². The Bertz CT molecular complexity index is 944. The number of hydrogen-bond donors (Lipinski definition) is 1. The molecule has 3 atom stereocenters. The number of benzene rings is 2. The van der Waals surface area contributed by atoms with Crippen molar-refractivity contribution >= 4 is 11.4 Å². The highest BCUT2D eigenvalue weighted by molar-refractivity contribution is 5.90. The zero-order valence-electron chi connectivity index (χ0n) is 15.2. The van der Waals surface area contributed by atoms with Crippen LogP contribution >= 0.6 is 0 Å². The monoisotopic (exact) mass is 360 g/mol. The minimum absolute atomic E-state index is 0.111. The molecule has 0 aliphatic carbocycles. The molecule has 2 N–H and O–H groups in total. The van der Waals surface area contributed by atoms with Gasteiger partial charge in [-0.3, -0.25) is 0 Å². The van der Waals surface area contributed by atoms with Gasteiger partial charge in [0, 0.05) is 11.6 Å². The predicted molar refractivity (Wildman–Crippen MR) is 103 cm³/mol. The first-order valence-electron chi connectivity index (χ1n) is 8.73. The third-order valence-corrected chi connectivity index (χ3v) is 5.10.